The Hall–Kier alpha value is -1.13. The monoisotopic (exact) mass is 222 g/mol. The first-order chi connectivity index (χ1) is 7.35. The van der Waals surface area contributed by atoms with Crippen LogP contribution in [0, 0.1) is 0 Å². The van der Waals surface area contributed by atoms with Gasteiger partial charge >= 0.3 is 0 Å². The number of fused-ring (bicyclic) bond motifs is 1. The molecule has 0 bridgehead atoms. The van der Waals surface area contributed by atoms with Gasteiger partial charge in [0.1, 0.15) is 0 Å². The van der Waals surface area contributed by atoms with Crippen LogP contribution in [0.15, 0.2) is 18.2 Å². The number of aliphatic hydroxyl groups is 1. The highest BCUT2D eigenvalue weighted by molar-refractivity contribution is 7.22. The van der Waals surface area contributed by atoms with Gasteiger partial charge in [0.05, 0.1) is 16.8 Å². The number of aromatic nitrogens is 1. The van der Waals surface area contributed by atoms with Gasteiger partial charge in [-0.2, -0.15) is 0 Å². The topological polar surface area (TPSA) is 45.1 Å². The zero-order valence-corrected chi connectivity index (χ0v) is 9.47. The van der Waals surface area contributed by atoms with Crippen LogP contribution in [0.25, 0.3) is 10.2 Å². The molecule has 1 aromatic carbocycles. The number of rotatable bonds is 4. The van der Waals surface area contributed by atoms with Gasteiger partial charge in [0.15, 0.2) is 5.13 Å². The summed E-state index contributed by atoms with van der Waals surface area (Å²) in [4.78, 5) is 4.52. The van der Waals surface area contributed by atoms with Crippen molar-refractivity contribution in [2.75, 3.05) is 18.5 Å². The van der Waals surface area contributed by atoms with E-state index in [9.17, 15) is 0 Å². The highest BCUT2D eigenvalue weighted by atomic mass is 32.1. The summed E-state index contributed by atoms with van der Waals surface area (Å²) in [6.45, 7) is 2.83. The molecule has 2 N–H and O–H groups in total. The molecule has 0 saturated carbocycles. The van der Waals surface area contributed by atoms with Crippen LogP contribution in [0.2, 0.25) is 0 Å². The van der Waals surface area contributed by atoms with Gasteiger partial charge in [-0.05, 0) is 18.1 Å². The van der Waals surface area contributed by atoms with Gasteiger partial charge in [0.2, 0.25) is 0 Å². The number of hydrogen-bond acceptors (Lipinski definition) is 4. The first-order valence-corrected chi connectivity index (χ1v) is 5.90. The van der Waals surface area contributed by atoms with Gasteiger partial charge in [0.25, 0.3) is 0 Å². The molecule has 0 fully saturated rings. The maximum atomic E-state index is 8.72. The number of thiazole rings is 1. The van der Waals surface area contributed by atoms with Crippen LogP contribution in [-0.2, 0) is 6.42 Å². The van der Waals surface area contributed by atoms with E-state index in [-0.39, 0.29) is 6.61 Å². The van der Waals surface area contributed by atoms with Gasteiger partial charge in [-0.15, -0.1) is 0 Å². The molecule has 2 rings (SSSR count). The van der Waals surface area contributed by atoms with Gasteiger partial charge in [-0.1, -0.05) is 30.4 Å². The second-order valence-corrected chi connectivity index (χ2v) is 4.32. The summed E-state index contributed by atoms with van der Waals surface area (Å²) in [6.07, 6.45) is 1.00. The van der Waals surface area contributed by atoms with Crippen LogP contribution >= 0.6 is 11.3 Å². The predicted molar refractivity (Wildman–Crippen MR) is 64.6 cm³/mol. The molecule has 1 heterocycles. The molecule has 1 aromatic heterocycles. The third-order valence-corrected chi connectivity index (χ3v) is 3.25. The molecule has 0 aliphatic carbocycles. The van der Waals surface area contributed by atoms with E-state index in [0.29, 0.717) is 6.54 Å². The Morgan fingerprint density at radius 2 is 2.33 bits per heavy atom. The Bertz CT molecular complexity index is 453. The van der Waals surface area contributed by atoms with E-state index >= 15 is 0 Å². The average molecular weight is 222 g/mol. The van der Waals surface area contributed by atoms with Crippen LogP contribution in [0.4, 0.5) is 5.13 Å². The maximum Gasteiger partial charge on any atom is 0.183 e. The SMILES string of the molecule is CCc1cccc2sc(NCCO)nc12. The van der Waals surface area contributed by atoms with Crippen molar-refractivity contribution in [2.24, 2.45) is 0 Å². The normalized spacial score (nSPS) is 10.8. The molecule has 0 atom stereocenters. The van der Waals surface area contributed by atoms with E-state index in [4.69, 9.17) is 5.11 Å². The van der Waals surface area contributed by atoms with Gasteiger partial charge < -0.3 is 10.4 Å². The van der Waals surface area contributed by atoms with E-state index < -0.39 is 0 Å². The molecule has 0 aliphatic heterocycles. The lowest BCUT2D eigenvalue weighted by atomic mass is 10.1. The lowest BCUT2D eigenvalue weighted by Gasteiger charge is -1.96. The van der Waals surface area contributed by atoms with Crippen LogP contribution in [-0.4, -0.2) is 23.2 Å². The quantitative estimate of drug-likeness (QED) is 0.834. The summed E-state index contributed by atoms with van der Waals surface area (Å²) < 4.78 is 1.20. The Labute approximate surface area is 92.8 Å². The Morgan fingerprint density at radius 3 is 3.07 bits per heavy atom. The Kier molecular flexibility index (Phi) is 3.18. The van der Waals surface area contributed by atoms with Crippen LogP contribution < -0.4 is 5.32 Å². The highest BCUT2D eigenvalue weighted by Crippen LogP contribution is 2.28. The van der Waals surface area contributed by atoms with E-state index in [2.05, 4.69) is 35.4 Å². The number of anilines is 1. The number of nitrogens with zero attached hydrogens (tertiary/aromatic N) is 1. The lowest BCUT2D eigenvalue weighted by molar-refractivity contribution is 0.311. The minimum absolute atomic E-state index is 0.135. The van der Waals surface area contributed by atoms with Crippen molar-refractivity contribution in [1.82, 2.24) is 4.98 Å². The van der Waals surface area contributed by atoms with Crippen molar-refractivity contribution >= 4 is 26.7 Å². The second-order valence-electron chi connectivity index (χ2n) is 3.29. The number of aliphatic hydroxyl groups excluding tert-OH is 1. The maximum absolute atomic E-state index is 8.72. The van der Waals surface area contributed by atoms with Crippen LogP contribution in [0.3, 0.4) is 0 Å². The van der Waals surface area contributed by atoms with Gasteiger partial charge in [0, 0.05) is 6.54 Å². The third-order valence-electron chi connectivity index (χ3n) is 2.27. The molecule has 80 valence electrons. The zero-order chi connectivity index (χ0) is 10.7. The molecule has 0 aliphatic rings. The molecular weight excluding hydrogens is 208 g/mol. The van der Waals surface area contributed by atoms with Crippen molar-refractivity contribution in [1.29, 1.82) is 0 Å². The van der Waals surface area contributed by atoms with Crippen molar-refractivity contribution in [3.05, 3.63) is 23.8 Å². The summed E-state index contributed by atoms with van der Waals surface area (Å²) in [6, 6.07) is 6.25. The molecule has 0 spiro atoms. The Morgan fingerprint density at radius 1 is 1.47 bits per heavy atom. The van der Waals surface area contributed by atoms with E-state index in [1.165, 1.54) is 10.3 Å². The smallest absolute Gasteiger partial charge is 0.183 e. The fourth-order valence-corrected chi connectivity index (χ4v) is 2.47. The average Bonchev–Trinajstić information content (AvgIpc) is 2.68. The summed E-state index contributed by atoms with van der Waals surface area (Å²) in [5, 5.41) is 12.7. The van der Waals surface area contributed by atoms with E-state index in [1.807, 2.05) is 0 Å². The Balaban J connectivity index is 2.37. The summed E-state index contributed by atoms with van der Waals surface area (Å²) in [7, 11) is 0. The van der Waals surface area contributed by atoms with E-state index in [0.717, 1.165) is 17.1 Å². The highest BCUT2D eigenvalue weighted by Gasteiger charge is 2.05. The van der Waals surface area contributed by atoms with Crippen molar-refractivity contribution in [3.63, 3.8) is 0 Å². The minimum Gasteiger partial charge on any atom is -0.395 e. The van der Waals surface area contributed by atoms with Crippen molar-refractivity contribution in [2.45, 2.75) is 13.3 Å². The molecule has 0 radical (unpaired) electrons. The van der Waals surface area contributed by atoms with Crippen LogP contribution in [0.5, 0.6) is 0 Å². The number of nitrogens with one attached hydrogen (secondary N) is 1. The second kappa shape index (κ2) is 4.59. The molecule has 3 nitrogen and oxygen atoms in total. The zero-order valence-electron chi connectivity index (χ0n) is 8.66. The summed E-state index contributed by atoms with van der Waals surface area (Å²) in [5.41, 5.74) is 2.37. The third kappa shape index (κ3) is 2.11. The van der Waals surface area contributed by atoms with Crippen molar-refractivity contribution < 1.29 is 5.11 Å². The fraction of sp³-hybridized carbons (Fsp3) is 0.364. The number of para-hydroxylation sites is 1. The number of benzene rings is 1. The molecular formula is C11H14N2OS. The predicted octanol–water partition coefficient (Wildman–Crippen LogP) is 2.26. The first-order valence-electron chi connectivity index (χ1n) is 5.08. The lowest BCUT2D eigenvalue weighted by Crippen LogP contribution is -2.04. The number of aryl methyl sites for hydroxylation is 1. The van der Waals surface area contributed by atoms with Gasteiger partial charge in [-0.3, -0.25) is 0 Å². The van der Waals surface area contributed by atoms with Gasteiger partial charge in [-0.25, -0.2) is 4.98 Å². The standard InChI is InChI=1S/C11H14N2OS/c1-2-8-4-3-5-9-10(8)13-11(15-9)12-6-7-14/h3-5,14H,2,6-7H2,1H3,(H,12,13). The summed E-state index contributed by atoms with van der Waals surface area (Å²) >= 11 is 1.63. The molecule has 4 heteroatoms. The van der Waals surface area contributed by atoms with Crippen molar-refractivity contribution in [3.8, 4) is 0 Å². The molecule has 0 amide bonds. The molecule has 0 saturated heterocycles. The number of hydrogen-bond donors (Lipinski definition) is 2. The molecule has 0 unspecified atom stereocenters. The summed E-state index contributed by atoms with van der Waals surface area (Å²) in [5.74, 6) is 0. The largest absolute Gasteiger partial charge is 0.395 e. The van der Waals surface area contributed by atoms with Crippen LogP contribution in [0.1, 0.15) is 12.5 Å². The molecule has 2 aromatic rings. The fourth-order valence-electron chi connectivity index (χ4n) is 1.53. The first kappa shape index (κ1) is 10.4. The molecule has 15 heavy (non-hydrogen) atoms. The van der Waals surface area contributed by atoms with E-state index in [1.54, 1.807) is 11.3 Å². The minimum atomic E-state index is 0.135.